The third-order valence-electron chi connectivity index (χ3n) is 3.59. The molecule has 2 rings (SSSR count). The molecule has 0 aliphatic carbocycles. The van der Waals surface area contributed by atoms with E-state index in [1.54, 1.807) is 25.1 Å². The number of thioether (sulfide) groups is 1. The number of carboxylic acid groups (broad SMARTS) is 1. The van der Waals surface area contributed by atoms with Gasteiger partial charge in [0.1, 0.15) is 11.7 Å². The smallest absolute Gasteiger partial charge is 0.332 e. The van der Waals surface area contributed by atoms with E-state index in [-0.39, 0.29) is 12.4 Å². The Balaban J connectivity index is 1.95. The fourth-order valence-corrected chi connectivity index (χ4v) is 3.32. The molecule has 0 saturated heterocycles. The number of carboxylic acids is 1. The highest BCUT2D eigenvalue weighted by Crippen LogP contribution is 2.37. The minimum atomic E-state index is -1.17. The van der Waals surface area contributed by atoms with E-state index in [0.717, 1.165) is 0 Å². The summed E-state index contributed by atoms with van der Waals surface area (Å²) in [5, 5.41) is 20.2. The third-order valence-corrected chi connectivity index (χ3v) is 4.88. The second kappa shape index (κ2) is 9.07. The van der Waals surface area contributed by atoms with Crippen molar-refractivity contribution in [1.29, 1.82) is 0 Å². The molecule has 2 N–H and O–H groups in total. The van der Waals surface area contributed by atoms with Gasteiger partial charge in [0.05, 0.1) is 25.4 Å². The van der Waals surface area contributed by atoms with Crippen LogP contribution in [-0.2, 0) is 14.3 Å². The molecule has 25 heavy (non-hydrogen) atoms. The first kappa shape index (κ1) is 19.6. The van der Waals surface area contributed by atoms with Gasteiger partial charge in [-0.05, 0) is 26.0 Å². The van der Waals surface area contributed by atoms with Gasteiger partial charge in [-0.15, -0.1) is 11.8 Å². The number of aromatic hydroxyl groups is 1. The van der Waals surface area contributed by atoms with Gasteiger partial charge in [0.15, 0.2) is 17.0 Å². The van der Waals surface area contributed by atoms with Crippen molar-refractivity contribution in [3.63, 3.8) is 0 Å². The van der Waals surface area contributed by atoms with Gasteiger partial charge in [0, 0.05) is 12.4 Å². The maximum absolute atomic E-state index is 11.3. The average molecular weight is 369 g/mol. The van der Waals surface area contributed by atoms with Gasteiger partial charge in [0.25, 0.3) is 0 Å². The largest absolute Gasteiger partial charge is 0.504 e. The van der Waals surface area contributed by atoms with Crippen LogP contribution in [0.4, 0.5) is 0 Å². The van der Waals surface area contributed by atoms with E-state index in [1.807, 2.05) is 6.92 Å². The van der Waals surface area contributed by atoms with Crippen molar-refractivity contribution in [2.75, 3.05) is 38.8 Å². The first-order valence-electron chi connectivity index (χ1n) is 8.04. The maximum Gasteiger partial charge on any atom is 0.332 e. The molecule has 0 fully saturated rings. The molecule has 0 aromatic heterocycles. The molecule has 1 heterocycles. The Hall–Kier alpha value is -1.77. The summed E-state index contributed by atoms with van der Waals surface area (Å²) < 4.78 is 16.1. The number of aliphatic imine (C=N–C) groups is 1. The van der Waals surface area contributed by atoms with Crippen molar-refractivity contribution in [2.45, 2.75) is 19.4 Å². The minimum Gasteiger partial charge on any atom is -0.504 e. The lowest BCUT2D eigenvalue weighted by atomic mass is 10.1. The minimum absolute atomic E-state index is 0.0438. The Morgan fingerprint density at radius 1 is 1.28 bits per heavy atom. The first-order valence-corrected chi connectivity index (χ1v) is 9.03. The fraction of sp³-hybridized carbons (Fsp3) is 0.529. The topological polar surface area (TPSA) is 97.6 Å². The molecular formula is C17H23NO6S. The zero-order valence-corrected chi connectivity index (χ0v) is 15.2. The first-order chi connectivity index (χ1) is 12.0. The number of phenolic OH excluding ortho intramolecular Hbond substituents is 1. The van der Waals surface area contributed by atoms with Crippen LogP contribution in [0.1, 0.15) is 19.4 Å². The summed E-state index contributed by atoms with van der Waals surface area (Å²) in [5.41, 5.74) is -0.692. The lowest BCUT2D eigenvalue weighted by Crippen LogP contribution is -2.33. The van der Waals surface area contributed by atoms with Gasteiger partial charge in [0.2, 0.25) is 0 Å². The highest BCUT2D eigenvalue weighted by atomic mass is 32.2. The van der Waals surface area contributed by atoms with Crippen LogP contribution < -0.4 is 4.74 Å². The lowest BCUT2D eigenvalue weighted by Gasteiger charge is -2.12. The van der Waals surface area contributed by atoms with E-state index in [0.29, 0.717) is 48.5 Å². The predicted molar refractivity (Wildman–Crippen MR) is 95.9 cm³/mol. The highest BCUT2D eigenvalue weighted by Gasteiger charge is 2.39. The number of nitrogens with zero attached hydrogens (tertiary/aromatic N) is 1. The molecule has 7 nitrogen and oxygen atoms in total. The van der Waals surface area contributed by atoms with E-state index in [9.17, 15) is 15.0 Å². The molecule has 138 valence electrons. The number of hydrogen-bond acceptors (Lipinski definition) is 7. The summed E-state index contributed by atoms with van der Waals surface area (Å²) in [4.78, 5) is 15.5. The Morgan fingerprint density at radius 3 is 2.68 bits per heavy atom. The predicted octanol–water partition coefficient (Wildman–Crippen LogP) is 2.16. The highest BCUT2D eigenvalue weighted by molar-refractivity contribution is 8.14. The van der Waals surface area contributed by atoms with Crippen molar-refractivity contribution >= 4 is 22.8 Å². The van der Waals surface area contributed by atoms with Crippen LogP contribution in [0.15, 0.2) is 23.2 Å². The van der Waals surface area contributed by atoms with Gasteiger partial charge in [-0.2, -0.15) is 0 Å². The number of ether oxygens (including phenoxy) is 3. The second-order valence-electron chi connectivity index (χ2n) is 5.59. The van der Waals surface area contributed by atoms with Crippen molar-refractivity contribution in [3.05, 3.63) is 23.8 Å². The zero-order chi connectivity index (χ0) is 18.3. The summed E-state index contributed by atoms with van der Waals surface area (Å²) in [5.74, 6) is -0.377. The van der Waals surface area contributed by atoms with Crippen molar-refractivity contribution in [2.24, 2.45) is 4.99 Å². The summed E-state index contributed by atoms with van der Waals surface area (Å²) in [7, 11) is 0. The Bertz CT molecular complexity index is 636. The van der Waals surface area contributed by atoms with Gasteiger partial charge in [-0.3, -0.25) is 4.99 Å². The van der Waals surface area contributed by atoms with Crippen LogP contribution in [0.25, 0.3) is 0 Å². The number of rotatable bonds is 10. The number of benzene rings is 1. The second-order valence-corrected chi connectivity index (χ2v) is 6.56. The molecule has 1 aromatic rings. The molecule has 8 heteroatoms. The van der Waals surface area contributed by atoms with Gasteiger partial charge < -0.3 is 24.4 Å². The fourth-order valence-electron chi connectivity index (χ4n) is 2.13. The molecule has 0 radical (unpaired) electrons. The summed E-state index contributed by atoms with van der Waals surface area (Å²) >= 11 is 1.31. The molecule has 0 amide bonds. The molecule has 1 aromatic carbocycles. The number of hydrogen-bond donors (Lipinski definition) is 2. The third kappa shape index (κ3) is 5.10. The summed E-state index contributed by atoms with van der Waals surface area (Å²) in [6.45, 7) is 5.83. The molecule has 1 atom stereocenters. The van der Waals surface area contributed by atoms with Crippen molar-refractivity contribution in [1.82, 2.24) is 0 Å². The van der Waals surface area contributed by atoms with E-state index in [1.165, 1.54) is 11.8 Å². The summed E-state index contributed by atoms with van der Waals surface area (Å²) in [6, 6.07) is 5.08. The van der Waals surface area contributed by atoms with Gasteiger partial charge in [-0.1, -0.05) is 6.07 Å². The quantitative estimate of drug-likeness (QED) is 0.610. The number of phenols is 1. The Morgan fingerprint density at radius 2 is 2.00 bits per heavy atom. The Kier molecular flexibility index (Phi) is 7.10. The van der Waals surface area contributed by atoms with Crippen LogP contribution in [0.5, 0.6) is 11.5 Å². The van der Waals surface area contributed by atoms with E-state index >= 15 is 0 Å². The average Bonchev–Trinajstić information content (AvgIpc) is 2.99. The monoisotopic (exact) mass is 369 g/mol. The van der Waals surface area contributed by atoms with E-state index in [4.69, 9.17) is 14.2 Å². The van der Waals surface area contributed by atoms with Crippen molar-refractivity contribution < 1.29 is 29.2 Å². The molecule has 0 saturated carbocycles. The molecule has 0 spiro atoms. The lowest BCUT2D eigenvalue weighted by molar-refractivity contribution is -0.141. The van der Waals surface area contributed by atoms with Crippen molar-refractivity contribution in [3.8, 4) is 11.5 Å². The van der Waals surface area contributed by atoms with Gasteiger partial charge >= 0.3 is 5.97 Å². The number of aliphatic carboxylic acids is 1. The van der Waals surface area contributed by atoms with Gasteiger partial charge in [-0.25, -0.2) is 4.79 Å². The van der Waals surface area contributed by atoms with Crippen LogP contribution in [0, 0.1) is 0 Å². The van der Waals surface area contributed by atoms with Crippen LogP contribution in [0.2, 0.25) is 0 Å². The van der Waals surface area contributed by atoms with Crippen LogP contribution in [-0.4, -0.2) is 65.6 Å². The van der Waals surface area contributed by atoms with E-state index in [2.05, 4.69) is 4.99 Å². The normalized spacial score (nSPS) is 19.7. The molecular weight excluding hydrogens is 346 g/mol. The molecule has 0 unspecified atom stereocenters. The summed E-state index contributed by atoms with van der Waals surface area (Å²) in [6.07, 6.45) is 0. The maximum atomic E-state index is 11.3. The standard InChI is InChI=1S/C17H23NO6S/c1-3-22-7-8-23-9-10-24-13-6-4-5-12(14(13)19)15-18-17(2,11-25-15)16(20)21/h4-6,19H,3,7-11H2,1-2H3,(H,20,21)/t17-/m1/s1. The molecule has 0 bridgehead atoms. The SMILES string of the molecule is CCOCCOCCOc1cccc(C2=N[C@@](C)(C(=O)O)CS2)c1O. The molecule has 1 aliphatic heterocycles. The van der Waals surface area contributed by atoms with Crippen LogP contribution in [0.3, 0.4) is 0 Å². The zero-order valence-electron chi connectivity index (χ0n) is 14.4. The number of para-hydroxylation sites is 1. The van der Waals surface area contributed by atoms with Crippen LogP contribution >= 0.6 is 11.8 Å². The molecule has 1 aliphatic rings. The number of carbonyl (C=O) groups is 1. The Labute approximate surface area is 151 Å². The van der Waals surface area contributed by atoms with E-state index < -0.39 is 11.5 Å².